The number of carbonyl (C=O) groups is 2. The summed E-state index contributed by atoms with van der Waals surface area (Å²) in [6.45, 7) is 2.83. The van der Waals surface area contributed by atoms with Crippen molar-refractivity contribution in [2.45, 2.75) is 12.8 Å². The molecule has 0 spiro atoms. The van der Waals surface area contributed by atoms with Crippen molar-refractivity contribution in [3.63, 3.8) is 0 Å². The van der Waals surface area contributed by atoms with E-state index < -0.39 is 0 Å². The van der Waals surface area contributed by atoms with Gasteiger partial charge in [0, 0.05) is 24.7 Å². The van der Waals surface area contributed by atoms with Crippen LogP contribution < -0.4 is 5.32 Å². The Balaban J connectivity index is 1.81. The minimum Gasteiger partial charge on any atom is -0.383 e. The zero-order chi connectivity index (χ0) is 15.2. The van der Waals surface area contributed by atoms with Gasteiger partial charge < -0.3 is 10.1 Å². The minimum atomic E-state index is -0.191. The summed E-state index contributed by atoms with van der Waals surface area (Å²) in [6, 6.07) is 5.20. The van der Waals surface area contributed by atoms with Gasteiger partial charge in [0.25, 0.3) is 11.8 Å². The molecule has 21 heavy (non-hydrogen) atoms. The third kappa shape index (κ3) is 3.90. The van der Waals surface area contributed by atoms with Crippen molar-refractivity contribution in [2.75, 3.05) is 33.4 Å². The summed E-state index contributed by atoms with van der Waals surface area (Å²) in [5.41, 5.74) is 0.994. The topological polar surface area (TPSA) is 58.6 Å². The zero-order valence-corrected chi connectivity index (χ0v) is 13.6. The molecular formula is C15H19BrN2O3. The molecule has 0 aromatic heterocycles. The van der Waals surface area contributed by atoms with Crippen LogP contribution in [0.15, 0.2) is 22.7 Å². The number of halogens is 1. The summed E-state index contributed by atoms with van der Waals surface area (Å²) in [5.74, 6) is -0.376. The van der Waals surface area contributed by atoms with Gasteiger partial charge in [-0.15, -0.1) is 0 Å². The average Bonchev–Trinajstić information content (AvgIpc) is 2.70. The monoisotopic (exact) mass is 354 g/mol. The quantitative estimate of drug-likeness (QED) is 0.573. The maximum absolute atomic E-state index is 12.2. The largest absolute Gasteiger partial charge is 0.383 e. The van der Waals surface area contributed by atoms with E-state index in [2.05, 4.69) is 21.2 Å². The number of amides is 2. The number of fused-ring (bicyclic) bond motifs is 1. The van der Waals surface area contributed by atoms with E-state index in [1.807, 2.05) is 0 Å². The van der Waals surface area contributed by atoms with Crippen LogP contribution in [0.2, 0.25) is 0 Å². The number of imide groups is 1. The molecule has 0 aliphatic carbocycles. The van der Waals surface area contributed by atoms with E-state index in [0.29, 0.717) is 24.3 Å². The summed E-state index contributed by atoms with van der Waals surface area (Å²) in [4.78, 5) is 25.7. The van der Waals surface area contributed by atoms with Gasteiger partial charge >= 0.3 is 0 Å². The number of nitrogens with one attached hydrogen (secondary N) is 1. The Bertz CT molecular complexity index is 534. The normalized spacial score (nSPS) is 13.9. The zero-order valence-electron chi connectivity index (χ0n) is 12.0. The van der Waals surface area contributed by atoms with Crippen LogP contribution in [0.25, 0.3) is 0 Å². The fourth-order valence-corrected chi connectivity index (χ4v) is 2.65. The molecule has 1 aliphatic heterocycles. The van der Waals surface area contributed by atoms with Gasteiger partial charge in [-0.25, -0.2) is 0 Å². The Morgan fingerprint density at radius 2 is 1.90 bits per heavy atom. The van der Waals surface area contributed by atoms with Gasteiger partial charge in [-0.2, -0.15) is 0 Å². The smallest absolute Gasteiger partial charge is 0.261 e. The third-order valence-electron chi connectivity index (χ3n) is 3.40. The summed E-state index contributed by atoms with van der Waals surface area (Å²) in [7, 11) is 1.67. The highest BCUT2D eigenvalue weighted by Gasteiger charge is 2.34. The molecule has 2 rings (SSSR count). The summed E-state index contributed by atoms with van der Waals surface area (Å²) in [5, 5.41) is 3.24. The molecule has 5 nitrogen and oxygen atoms in total. The molecule has 1 aromatic rings. The summed E-state index contributed by atoms with van der Waals surface area (Å²) >= 11 is 3.33. The lowest BCUT2D eigenvalue weighted by Crippen LogP contribution is -2.31. The van der Waals surface area contributed by atoms with E-state index in [1.165, 1.54) is 4.90 Å². The first-order chi connectivity index (χ1) is 10.1. The lowest BCUT2D eigenvalue weighted by atomic mass is 10.1. The lowest BCUT2D eigenvalue weighted by Gasteiger charge is -2.13. The van der Waals surface area contributed by atoms with Gasteiger partial charge in [-0.1, -0.05) is 15.9 Å². The van der Waals surface area contributed by atoms with Crippen molar-refractivity contribution >= 4 is 27.7 Å². The van der Waals surface area contributed by atoms with Crippen LogP contribution in [-0.2, 0) is 4.74 Å². The Morgan fingerprint density at radius 3 is 2.67 bits per heavy atom. The maximum Gasteiger partial charge on any atom is 0.261 e. The molecule has 0 unspecified atom stereocenters. The van der Waals surface area contributed by atoms with E-state index in [9.17, 15) is 9.59 Å². The van der Waals surface area contributed by atoms with E-state index in [1.54, 1.807) is 25.3 Å². The first-order valence-corrected chi connectivity index (χ1v) is 7.80. The molecule has 0 saturated carbocycles. The highest BCUT2D eigenvalue weighted by atomic mass is 79.9. The molecule has 1 aliphatic rings. The van der Waals surface area contributed by atoms with Gasteiger partial charge in [0.1, 0.15) is 0 Å². The van der Waals surface area contributed by atoms with Gasteiger partial charge in [0.15, 0.2) is 0 Å². The van der Waals surface area contributed by atoms with Crippen molar-refractivity contribution in [3.8, 4) is 0 Å². The number of unbranched alkanes of at least 4 members (excludes halogenated alkanes) is 1. The molecule has 1 heterocycles. The van der Waals surface area contributed by atoms with E-state index in [0.717, 1.165) is 30.4 Å². The van der Waals surface area contributed by atoms with Crippen molar-refractivity contribution in [1.29, 1.82) is 0 Å². The molecule has 1 N–H and O–H groups in total. The summed E-state index contributed by atoms with van der Waals surface area (Å²) < 4.78 is 5.75. The Morgan fingerprint density at radius 1 is 1.14 bits per heavy atom. The number of methoxy groups -OCH3 is 1. The molecule has 0 radical (unpaired) electrons. The SMILES string of the molecule is COCCNCCCCN1C(=O)c2ccc(Br)cc2C1=O. The van der Waals surface area contributed by atoms with Crippen molar-refractivity contribution in [1.82, 2.24) is 10.2 Å². The third-order valence-corrected chi connectivity index (χ3v) is 3.89. The fourth-order valence-electron chi connectivity index (χ4n) is 2.29. The molecule has 0 atom stereocenters. The van der Waals surface area contributed by atoms with E-state index in [4.69, 9.17) is 4.74 Å². The van der Waals surface area contributed by atoms with Crippen LogP contribution in [0.3, 0.4) is 0 Å². The van der Waals surface area contributed by atoms with Crippen LogP contribution >= 0.6 is 15.9 Å². The summed E-state index contributed by atoms with van der Waals surface area (Å²) in [6.07, 6.45) is 1.72. The van der Waals surface area contributed by atoms with Crippen LogP contribution in [-0.4, -0.2) is 50.1 Å². The van der Waals surface area contributed by atoms with E-state index in [-0.39, 0.29) is 11.8 Å². The maximum atomic E-state index is 12.2. The second-order valence-corrected chi connectivity index (χ2v) is 5.82. The Hall–Kier alpha value is -1.24. The van der Waals surface area contributed by atoms with Gasteiger partial charge in [0.2, 0.25) is 0 Å². The number of hydrogen-bond acceptors (Lipinski definition) is 4. The first-order valence-electron chi connectivity index (χ1n) is 7.00. The number of ether oxygens (including phenoxy) is 1. The Labute approximate surface area is 132 Å². The molecular weight excluding hydrogens is 336 g/mol. The van der Waals surface area contributed by atoms with Gasteiger partial charge in [-0.05, 0) is 37.6 Å². The van der Waals surface area contributed by atoms with Crippen molar-refractivity contribution in [2.24, 2.45) is 0 Å². The lowest BCUT2D eigenvalue weighted by molar-refractivity contribution is 0.0651. The van der Waals surface area contributed by atoms with Gasteiger partial charge in [0.05, 0.1) is 17.7 Å². The van der Waals surface area contributed by atoms with Crippen LogP contribution in [0.5, 0.6) is 0 Å². The van der Waals surface area contributed by atoms with Gasteiger partial charge in [-0.3, -0.25) is 14.5 Å². The van der Waals surface area contributed by atoms with Crippen molar-refractivity contribution < 1.29 is 14.3 Å². The Kier molecular flexibility index (Phi) is 5.90. The molecule has 1 aromatic carbocycles. The molecule has 114 valence electrons. The predicted molar refractivity (Wildman–Crippen MR) is 83.5 cm³/mol. The number of hydrogen-bond donors (Lipinski definition) is 1. The molecule has 0 bridgehead atoms. The predicted octanol–water partition coefficient (Wildman–Crippen LogP) is 2.06. The highest BCUT2D eigenvalue weighted by molar-refractivity contribution is 9.10. The number of benzene rings is 1. The molecule has 0 fully saturated rings. The van der Waals surface area contributed by atoms with Crippen LogP contribution in [0, 0.1) is 0 Å². The van der Waals surface area contributed by atoms with E-state index >= 15 is 0 Å². The fraction of sp³-hybridized carbons (Fsp3) is 0.467. The van der Waals surface area contributed by atoms with Crippen LogP contribution in [0.1, 0.15) is 33.6 Å². The number of carbonyl (C=O) groups excluding carboxylic acids is 2. The number of nitrogens with zero attached hydrogens (tertiary/aromatic N) is 1. The van der Waals surface area contributed by atoms with Crippen molar-refractivity contribution in [3.05, 3.63) is 33.8 Å². The average molecular weight is 355 g/mol. The second kappa shape index (κ2) is 7.68. The second-order valence-electron chi connectivity index (χ2n) is 4.90. The molecule has 0 saturated heterocycles. The number of rotatable bonds is 8. The highest BCUT2D eigenvalue weighted by Crippen LogP contribution is 2.26. The van der Waals surface area contributed by atoms with Crippen LogP contribution in [0.4, 0.5) is 0 Å². The first kappa shape index (κ1) is 16.1. The molecule has 6 heteroatoms. The standard InChI is InChI=1S/C15H19BrN2O3/c1-21-9-7-17-6-2-3-8-18-14(19)12-5-4-11(16)10-13(12)15(18)20/h4-5,10,17H,2-3,6-9H2,1H3. The molecule has 2 amide bonds. The minimum absolute atomic E-state index is 0.185.